The molecule has 3 nitrogen and oxygen atoms in total. The van der Waals surface area contributed by atoms with Gasteiger partial charge in [-0.15, -0.1) is 0 Å². The van der Waals surface area contributed by atoms with Crippen LogP contribution in [-0.2, 0) is 11.2 Å². The maximum atomic E-state index is 12.6. The van der Waals surface area contributed by atoms with Gasteiger partial charge in [0.1, 0.15) is 0 Å². The Morgan fingerprint density at radius 2 is 1.92 bits per heavy atom. The highest BCUT2D eigenvalue weighted by atomic mass is 35.5. The van der Waals surface area contributed by atoms with E-state index in [2.05, 4.69) is 36.2 Å². The molecule has 3 rings (SSSR count). The number of carbonyl (C=O) groups excluding carboxylic acids is 1. The van der Waals surface area contributed by atoms with Crippen LogP contribution >= 0.6 is 11.6 Å². The Morgan fingerprint density at radius 3 is 2.62 bits per heavy atom. The van der Waals surface area contributed by atoms with E-state index in [-0.39, 0.29) is 11.9 Å². The van der Waals surface area contributed by atoms with Crippen LogP contribution < -0.4 is 4.90 Å². The average Bonchev–Trinajstić information content (AvgIpc) is 2.61. The minimum Gasteiger partial charge on any atom is -0.311 e. The van der Waals surface area contributed by atoms with Crippen LogP contribution in [0.3, 0.4) is 0 Å². The Hall–Kier alpha value is -1.84. The van der Waals surface area contributed by atoms with Gasteiger partial charge >= 0.3 is 0 Å². The number of fused-ring (bicyclic) bond motifs is 1. The summed E-state index contributed by atoms with van der Waals surface area (Å²) in [6.45, 7) is 3.57. The van der Waals surface area contributed by atoms with Crippen molar-refractivity contribution in [2.45, 2.75) is 25.8 Å². The molecule has 2 aromatic rings. The van der Waals surface area contributed by atoms with Crippen molar-refractivity contribution in [3.05, 3.63) is 64.7 Å². The van der Waals surface area contributed by atoms with Crippen molar-refractivity contribution in [1.82, 2.24) is 4.90 Å². The predicted molar refractivity (Wildman–Crippen MR) is 99.6 cm³/mol. The van der Waals surface area contributed by atoms with Crippen LogP contribution in [0.2, 0.25) is 5.02 Å². The van der Waals surface area contributed by atoms with Crippen LogP contribution in [0.25, 0.3) is 0 Å². The molecule has 1 aliphatic heterocycles. The zero-order valence-corrected chi connectivity index (χ0v) is 15.0. The molecule has 1 atom stereocenters. The van der Waals surface area contributed by atoms with E-state index in [1.54, 1.807) is 0 Å². The summed E-state index contributed by atoms with van der Waals surface area (Å²) >= 11 is 6.00. The molecule has 0 aromatic heterocycles. The Kier molecular flexibility index (Phi) is 5.22. The Labute approximate surface area is 148 Å². The molecule has 1 heterocycles. The Morgan fingerprint density at radius 1 is 1.21 bits per heavy atom. The fraction of sp³-hybridized carbons (Fsp3) is 0.350. The molecule has 0 N–H and O–H groups in total. The smallest absolute Gasteiger partial charge is 0.226 e. The largest absolute Gasteiger partial charge is 0.311 e. The second-order valence-electron chi connectivity index (χ2n) is 6.28. The van der Waals surface area contributed by atoms with E-state index in [4.69, 9.17) is 11.6 Å². The number of nitrogens with zero attached hydrogens (tertiary/aromatic N) is 2. The molecule has 1 amide bonds. The fourth-order valence-electron chi connectivity index (χ4n) is 3.35. The van der Waals surface area contributed by atoms with Gasteiger partial charge in [0.15, 0.2) is 0 Å². The molecule has 0 fully saturated rings. The van der Waals surface area contributed by atoms with Gasteiger partial charge in [0, 0.05) is 30.2 Å². The number of benzene rings is 2. The molecule has 126 valence electrons. The van der Waals surface area contributed by atoms with Gasteiger partial charge in [0.25, 0.3) is 0 Å². The number of hydrogen-bond donors (Lipinski definition) is 0. The first-order valence-corrected chi connectivity index (χ1v) is 8.82. The summed E-state index contributed by atoms with van der Waals surface area (Å²) in [6.07, 6.45) is 1.55. The first-order valence-electron chi connectivity index (χ1n) is 8.44. The Bertz CT molecular complexity index is 714. The zero-order valence-electron chi connectivity index (χ0n) is 14.2. The van der Waals surface area contributed by atoms with Crippen molar-refractivity contribution in [2.24, 2.45) is 0 Å². The summed E-state index contributed by atoms with van der Waals surface area (Å²) in [5.74, 6) is 0.133. The highest BCUT2D eigenvalue weighted by Crippen LogP contribution is 2.31. The van der Waals surface area contributed by atoms with Gasteiger partial charge in [0.2, 0.25) is 5.91 Å². The van der Waals surface area contributed by atoms with Crippen molar-refractivity contribution in [2.75, 3.05) is 25.0 Å². The lowest BCUT2D eigenvalue weighted by molar-refractivity contribution is -0.118. The second kappa shape index (κ2) is 7.37. The molecule has 4 heteroatoms. The standard InChI is InChI=1S/C20H23ClN2O/c1-3-20(24)23(17-10-8-16(21)9-11-17)14-19-18-7-5-4-6-15(18)12-13-22(19)2/h4-11,19H,3,12-14H2,1-2H3. The minimum atomic E-state index is 0.133. The highest BCUT2D eigenvalue weighted by Gasteiger charge is 2.28. The minimum absolute atomic E-state index is 0.133. The summed E-state index contributed by atoms with van der Waals surface area (Å²) in [5, 5.41) is 0.683. The van der Waals surface area contributed by atoms with Crippen LogP contribution in [0, 0.1) is 0 Å². The van der Waals surface area contributed by atoms with Crippen LogP contribution in [-0.4, -0.2) is 30.9 Å². The van der Waals surface area contributed by atoms with Crippen LogP contribution in [0.1, 0.15) is 30.5 Å². The van der Waals surface area contributed by atoms with Crippen LogP contribution in [0.15, 0.2) is 48.5 Å². The van der Waals surface area contributed by atoms with E-state index in [0.29, 0.717) is 18.0 Å². The lowest BCUT2D eigenvalue weighted by atomic mass is 9.92. The third-order valence-corrected chi connectivity index (χ3v) is 5.03. The number of anilines is 1. The van der Waals surface area contributed by atoms with E-state index in [1.165, 1.54) is 11.1 Å². The van der Waals surface area contributed by atoms with Gasteiger partial charge < -0.3 is 4.90 Å². The zero-order chi connectivity index (χ0) is 17.1. The Balaban J connectivity index is 1.92. The quantitative estimate of drug-likeness (QED) is 0.826. The first kappa shape index (κ1) is 17.0. The normalized spacial score (nSPS) is 17.4. The van der Waals surface area contributed by atoms with E-state index in [9.17, 15) is 4.79 Å². The monoisotopic (exact) mass is 342 g/mol. The number of carbonyl (C=O) groups is 1. The van der Waals surface area contributed by atoms with Crippen LogP contribution in [0.4, 0.5) is 5.69 Å². The molecule has 1 aliphatic rings. The SMILES string of the molecule is CCC(=O)N(CC1c2ccccc2CCN1C)c1ccc(Cl)cc1. The predicted octanol–water partition coefficient (Wildman–Crippen LogP) is 4.31. The first-order chi connectivity index (χ1) is 11.6. The van der Waals surface area contributed by atoms with Crippen molar-refractivity contribution in [3.8, 4) is 0 Å². The third kappa shape index (κ3) is 3.47. The number of likely N-dealkylation sites (N-methyl/N-ethyl adjacent to an activating group) is 1. The van der Waals surface area contributed by atoms with Gasteiger partial charge in [-0.25, -0.2) is 0 Å². The van der Waals surface area contributed by atoms with E-state index in [1.807, 2.05) is 36.1 Å². The van der Waals surface area contributed by atoms with Crippen molar-refractivity contribution < 1.29 is 4.79 Å². The van der Waals surface area contributed by atoms with Gasteiger partial charge in [0.05, 0.1) is 6.04 Å². The number of amides is 1. The molecule has 0 aliphatic carbocycles. The van der Waals surface area contributed by atoms with Gasteiger partial charge in [-0.05, 0) is 48.9 Å². The molecule has 24 heavy (non-hydrogen) atoms. The second-order valence-corrected chi connectivity index (χ2v) is 6.72. The summed E-state index contributed by atoms with van der Waals surface area (Å²) < 4.78 is 0. The average molecular weight is 343 g/mol. The molecule has 0 saturated carbocycles. The van der Waals surface area contributed by atoms with E-state index < -0.39 is 0 Å². The van der Waals surface area contributed by atoms with E-state index in [0.717, 1.165) is 18.7 Å². The van der Waals surface area contributed by atoms with Crippen LogP contribution in [0.5, 0.6) is 0 Å². The summed E-state index contributed by atoms with van der Waals surface area (Å²) in [7, 11) is 2.14. The van der Waals surface area contributed by atoms with Crippen molar-refractivity contribution >= 4 is 23.2 Å². The molecular formula is C20H23ClN2O. The summed E-state index contributed by atoms with van der Waals surface area (Å²) in [6, 6.07) is 16.3. The van der Waals surface area contributed by atoms with E-state index >= 15 is 0 Å². The number of hydrogen-bond acceptors (Lipinski definition) is 2. The fourth-order valence-corrected chi connectivity index (χ4v) is 3.48. The van der Waals surface area contributed by atoms with Crippen molar-refractivity contribution in [3.63, 3.8) is 0 Å². The maximum absolute atomic E-state index is 12.6. The molecule has 0 radical (unpaired) electrons. The topological polar surface area (TPSA) is 23.6 Å². The van der Waals surface area contributed by atoms with Gasteiger partial charge in [-0.3, -0.25) is 9.69 Å². The molecule has 1 unspecified atom stereocenters. The summed E-state index contributed by atoms with van der Waals surface area (Å²) in [5.41, 5.74) is 3.62. The molecule has 0 bridgehead atoms. The highest BCUT2D eigenvalue weighted by molar-refractivity contribution is 6.30. The summed E-state index contributed by atoms with van der Waals surface area (Å²) in [4.78, 5) is 16.8. The lowest BCUT2D eigenvalue weighted by Crippen LogP contribution is -2.42. The van der Waals surface area contributed by atoms with Gasteiger partial charge in [-0.2, -0.15) is 0 Å². The molecule has 2 aromatic carbocycles. The third-order valence-electron chi connectivity index (χ3n) is 4.78. The van der Waals surface area contributed by atoms with Crippen molar-refractivity contribution in [1.29, 1.82) is 0 Å². The number of rotatable bonds is 4. The molecule has 0 spiro atoms. The molecular weight excluding hydrogens is 320 g/mol. The number of halogens is 1. The molecule has 0 saturated heterocycles. The van der Waals surface area contributed by atoms with Gasteiger partial charge in [-0.1, -0.05) is 42.8 Å². The lowest BCUT2D eigenvalue weighted by Gasteiger charge is -2.38. The maximum Gasteiger partial charge on any atom is 0.226 e.